The summed E-state index contributed by atoms with van der Waals surface area (Å²) in [7, 11) is 0. The number of rotatable bonds is 10. The molecule has 3 amide bonds. The first-order valence-electron chi connectivity index (χ1n) is 11.2. The fraction of sp³-hybridized carbons (Fsp3) is 0.148. The highest BCUT2D eigenvalue weighted by atomic mass is 16.4. The van der Waals surface area contributed by atoms with Crippen molar-refractivity contribution in [1.82, 2.24) is 5.32 Å². The van der Waals surface area contributed by atoms with Crippen molar-refractivity contribution < 1.29 is 19.5 Å². The first-order valence-corrected chi connectivity index (χ1v) is 11.2. The number of nitrogens with one attached hydrogen (secondary N) is 3. The molecule has 180 valence electrons. The average Bonchev–Trinajstić information content (AvgIpc) is 2.87. The Hall–Kier alpha value is -4.43. The van der Waals surface area contributed by atoms with Gasteiger partial charge in [-0.15, -0.1) is 0 Å². The van der Waals surface area contributed by atoms with Gasteiger partial charge in [0.05, 0.1) is 0 Å². The van der Waals surface area contributed by atoms with Gasteiger partial charge in [0.2, 0.25) is 5.91 Å². The van der Waals surface area contributed by atoms with E-state index in [1.807, 2.05) is 42.5 Å². The molecule has 0 unspecified atom stereocenters. The fourth-order valence-electron chi connectivity index (χ4n) is 3.43. The van der Waals surface area contributed by atoms with Gasteiger partial charge in [0.1, 0.15) is 6.04 Å². The number of hydrogen-bond donors (Lipinski definition) is 5. The number of carbonyl (C=O) groups is 3. The number of para-hydroxylation sites is 1. The summed E-state index contributed by atoms with van der Waals surface area (Å²) in [6.45, 7) is 0.367. The van der Waals surface area contributed by atoms with E-state index >= 15 is 0 Å². The first-order chi connectivity index (χ1) is 17.0. The molecular formula is C27H28N4O4. The summed E-state index contributed by atoms with van der Waals surface area (Å²) in [5.41, 5.74) is 9.26. The van der Waals surface area contributed by atoms with Crippen LogP contribution in [0.1, 0.15) is 18.4 Å². The van der Waals surface area contributed by atoms with Crippen LogP contribution in [0.4, 0.5) is 16.2 Å². The van der Waals surface area contributed by atoms with Gasteiger partial charge in [-0.2, -0.15) is 0 Å². The van der Waals surface area contributed by atoms with E-state index in [4.69, 9.17) is 10.8 Å². The third kappa shape index (κ3) is 7.83. The Morgan fingerprint density at radius 1 is 0.857 bits per heavy atom. The van der Waals surface area contributed by atoms with E-state index in [0.717, 1.165) is 17.2 Å². The molecule has 3 aromatic carbocycles. The molecule has 0 aliphatic carbocycles. The Morgan fingerprint density at radius 2 is 1.51 bits per heavy atom. The minimum atomic E-state index is -1.10. The number of carbonyl (C=O) groups excluding carboxylic acids is 2. The minimum Gasteiger partial charge on any atom is -0.478 e. The number of nitrogens with two attached hydrogens (primary N) is 1. The number of carboxylic acids is 1. The number of aliphatic carboxylic acids is 1. The molecule has 8 nitrogen and oxygen atoms in total. The van der Waals surface area contributed by atoms with Gasteiger partial charge < -0.3 is 26.8 Å². The van der Waals surface area contributed by atoms with Crippen molar-refractivity contribution in [3.8, 4) is 11.1 Å². The predicted molar refractivity (Wildman–Crippen MR) is 138 cm³/mol. The third-order valence-electron chi connectivity index (χ3n) is 5.19. The highest BCUT2D eigenvalue weighted by Gasteiger charge is 2.21. The van der Waals surface area contributed by atoms with Gasteiger partial charge in [0.15, 0.2) is 0 Å². The van der Waals surface area contributed by atoms with Crippen LogP contribution in [-0.4, -0.2) is 35.6 Å². The highest BCUT2D eigenvalue weighted by molar-refractivity contribution is 6.00. The summed E-state index contributed by atoms with van der Waals surface area (Å²) >= 11 is 0. The van der Waals surface area contributed by atoms with Crippen LogP contribution in [0, 0.1) is 0 Å². The molecule has 0 aliphatic heterocycles. The Bertz CT molecular complexity index is 1180. The zero-order valence-electron chi connectivity index (χ0n) is 19.1. The van der Waals surface area contributed by atoms with Crippen LogP contribution >= 0.6 is 0 Å². The van der Waals surface area contributed by atoms with Crippen LogP contribution in [0.3, 0.4) is 0 Å². The van der Waals surface area contributed by atoms with Crippen molar-refractivity contribution in [2.75, 3.05) is 17.2 Å². The maximum Gasteiger partial charge on any atom is 0.328 e. The molecule has 0 saturated carbocycles. The third-order valence-corrected chi connectivity index (χ3v) is 5.19. The van der Waals surface area contributed by atoms with Gasteiger partial charge in [0.25, 0.3) is 0 Å². The van der Waals surface area contributed by atoms with Crippen LogP contribution in [0.15, 0.2) is 84.9 Å². The highest BCUT2D eigenvalue weighted by Crippen LogP contribution is 2.21. The average molecular weight is 473 g/mol. The maximum absolute atomic E-state index is 13.0. The number of anilines is 2. The zero-order chi connectivity index (χ0) is 25.0. The van der Waals surface area contributed by atoms with E-state index < -0.39 is 23.9 Å². The Balaban J connectivity index is 1.66. The summed E-state index contributed by atoms with van der Waals surface area (Å²) in [4.78, 5) is 36.5. The minimum absolute atomic E-state index is 0.343. The molecule has 3 rings (SSSR count). The van der Waals surface area contributed by atoms with Gasteiger partial charge in [-0.05, 0) is 60.4 Å². The number of benzene rings is 3. The second-order valence-corrected chi connectivity index (χ2v) is 7.77. The molecule has 0 radical (unpaired) electrons. The maximum atomic E-state index is 13.0. The standard InChI is InChI=1S/C27H28N4O4/c28-18-6-11-24(26(34)30-23-10-5-4-9-21(23)14-17-25(32)33)31-27(35)29-22-15-12-20(13-16-22)19-7-2-1-3-8-19/h1-5,7-10,12-17,24H,6,11,18,28H2,(H,30,34)(H,32,33)(H2,29,31,35)/b17-14+/t24-/m0/s1. The van der Waals surface area contributed by atoms with E-state index in [0.29, 0.717) is 36.3 Å². The summed E-state index contributed by atoms with van der Waals surface area (Å²) in [5.74, 6) is -1.52. The van der Waals surface area contributed by atoms with Gasteiger partial charge >= 0.3 is 12.0 Å². The summed E-state index contributed by atoms with van der Waals surface area (Å²) in [6, 6.07) is 22.7. The normalized spacial score (nSPS) is 11.6. The van der Waals surface area contributed by atoms with E-state index in [9.17, 15) is 14.4 Å². The lowest BCUT2D eigenvalue weighted by atomic mass is 10.1. The molecule has 3 aromatic rings. The van der Waals surface area contributed by atoms with Gasteiger partial charge in [-0.3, -0.25) is 4.79 Å². The van der Waals surface area contributed by atoms with Crippen LogP contribution < -0.4 is 21.7 Å². The molecule has 6 N–H and O–H groups in total. The summed E-state index contributed by atoms with van der Waals surface area (Å²) in [6.07, 6.45) is 3.26. The largest absolute Gasteiger partial charge is 0.478 e. The van der Waals surface area contributed by atoms with Crippen molar-refractivity contribution >= 4 is 35.4 Å². The number of carboxylic acid groups (broad SMARTS) is 1. The SMILES string of the molecule is NCCC[C@H](NC(=O)Nc1ccc(-c2ccccc2)cc1)C(=O)Nc1ccccc1/C=C/C(=O)O. The van der Waals surface area contributed by atoms with Gasteiger partial charge in [-0.25, -0.2) is 9.59 Å². The molecule has 0 heterocycles. The number of hydrogen-bond acceptors (Lipinski definition) is 4. The Kier molecular flexibility index (Phi) is 9.15. The van der Waals surface area contributed by atoms with Crippen molar-refractivity contribution in [3.05, 3.63) is 90.5 Å². The molecule has 0 spiro atoms. The molecule has 0 saturated heterocycles. The Morgan fingerprint density at radius 3 is 2.20 bits per heavy atom. The van der Waals surface area contributed by atoms with Crippen LogP contribution in [0.25, 0.3) is 17.2 Å². The first kappa shape index (κ1) is 25.2. The lowest BCUT2D eigenvalue weighted by Crippen LogP contribution is -2.45. The van der Waals surface area contributed by atoms with Crippen LogP contribution in [-0.2, 0) is 9.59 Å². The molecule has 0 bridgehead atoms. The lowest BCUT2D eigenvalue weighted by molar-refractivity contribution is -0.131. The van der Waals surface area contributed by atoms with E-state index in [1.54, 1.807) is 36.4 Å². The van der Waals surface area contributed by atoms with E-state index in [1.165, 1.54) is 6.08 Å². The van der Waals surface area contributed by atoms with Crippen molar-refractivity contribution in [2.45, 2.75) is 18.9 Å². The zero-order valence-corrected chi connectivity index (χ0v) is 19.1. The van der Waals surface area contributed by atoms with Crippen molar-refractivity contribution in [2.24, 2.45) is 5.73 Å². The molecule has 1 atom stereocenters. The molecule has 8 heteroatoms. The predicted octanol–water partition coefficient (Wildman–Crippen LogP) is 4.32. The quantitative estimate of drug-likeness (QED) is 0.280. The molecule has 0 aromatic heterocycles. The second-order valence-electron chi connectivity index (χ2n) is 7.77. The molecule has 35 heavy (non-hydrogen) atoms. The monoisotopic (exact) mass is 472 g/mol. The fourth-order valence-corrected chi connectivity index (χ4v) is 3.43. The summed E-state index contributed by atoms with van der Waals surface area (Å²) in [5, 5.41) is 17.1. The Labute approximate surface area is 203 Å². The van der Waals surface area contributed by atoms with Crippen molar-refractivity contribution in [3.63, 3.8) is 0 Å². The molecule has 0 fully saturated rings. The van der Waals surface area contributed by atoms with Gasteiger partial charge in [-0.1, -0.05) is 60.7 Å². The number of urea groups is 1. The second kappa shape index (κ2) is 12.7. The van der Waals surface area contributed by atoms with Crippen LogP contribution in [0.5, 0.6) is 0 Å². The lowest BCUT2D eigenvalue weighted by Gasteiger charge is -2.19. The van der Waals surface area contributed by atoms with E-state index in [-0.39, 0.29) is 0 Å². The molecule has 0 aliphatic rings. The van der Waals surface area contributed by atoms with Crippen LogP contribution in [0.2, 0.25) is 0 Å². The van der Waals surface area contributed by atoms with Gasteiger partial charge in [0, 0.05) is 17.5 Å². The summed E-state index contributed by atoms with van der Waals surface area (Å²) < 4.78 is 0. The smallest absolute Gasteiger partial charge is 0.328 e. The topological polar surface area (TPSA) is 134 Å². The van der Waals surface area contributed by atoms with Crippen molar-refractivity contribution in [1.29, 1.82) is 0 Å². The molecular weight excluding hydrogens is 444 g/mol. The number of amides is 3. The van der Waals surface area contributed by atoms with E-state index in [2.05, 4.69) is 16.0 Å².